The van der Waals surface area contributed by atoms with E-state index in [1.54, 1.807) is 0 Å². The highest BCUT2D eigenvalue weighted by Gasteiger charge is 2.38. The monoisotopic (exact) mass is 296 g/mol. The van der Waals surface area contributed by atoms with Crippen molar-refractivity contribution in [2.45, 2.75) is 70.8 Å². The number of rotatable bonds is 7. The molecule has 1 aliphatic carbocycles. The molecular formula is C17H32N2O2. The minimum atomic E-state index is -0.183. The van der Waals surface area contributed by atoms with Crippen molar-refractivity contribution in [2.24, 2.45) is 5.41 Å². The van der Waals surface area contributed by atoms with Crippen LogP contribution in [0.1, 0.15) is 64.7 Å². The Morgan fingerprint density at radius 2 is 2.10 bits per heavy atom. The SMILES string of the molecule is CCCC1(C(=O)NCCOC2CCCCC2)CCCNC1. The van der Waals surface area contributed by atoms with Crippen LogP contribution >= 0.6 is 0 Å². The molecule has 0 radical (unpaired) electrons. The van der Waals surface area contributed by atoms with Gasteiger partial charge in [0.2, 0.25) is 5.91 Å². The van der Waals surface area contributed by atoms with Crippen molar-refractivity contribution >= 4 is 5.91 Å². The molecule has 4 heteroatoms. The Balaban J connectivity index is 1.69. The summed E-state index contributed by atoms with van der Waals surface area (Å²) in [7, 11) is 0. The van der Waals surface area contributed by atoms with E-state index in [1.807, 2.05) is 0 Å². The first-order valence-corrected chi connectivity index (χ1v) is 8.87. The Labute approximate surface area is 129 Å². The van der Waals surface area contributed by atoms with Crippen LogP contribution in [0.5, 0.6) is 0 Å². The molecule has 0 bridgehead atoms. The van der Waals surface area contributed by atoms with Crippen LogP contribution in [0, 0.1) is 5.41 Å². The molecule has 2 fully saturated rings. The number of amides is 1. The molecule has 4 nitrogen and oxygen atoms in total. The van der Waals surface area contributed by atoms with Gasteiger partial charge in [0, 0.05) is 13.1 Å². The summed E-state index contributed by atoms with van der Waals surface area (Å²) in [6, 6.07) is 0. The first-order valence-electron chi connectivity index (χ1n) is 8.87. The average Bonchev–Trinajstić information content (AvgIpc) is 2.53. The molecular weight excluding hydrogens is 264 g/mol. The van der Waals surface area contributed by atoms with Crippen molar-refractivity contribution in [3.05, 3.63) is 0 Å². The second kappa shape index (κ2) is 8.74. The maximum atomic E-state index is 12.6. The van der Waals surface area contributed by atoms with Gasteiger partial charge in [-0.15, -0.1) is 0 Å². The number of hydrogen-bond acceptors (Lipinski definition) is 3. The highest BCUT2D eigenvalue weighted by Crippen LogP contribution is 2.31. The number of nitrogens with one attached hydrogen (secondary N) is 2. The van der Waals surface area contributed by atoms with Gasteiger partial charge in [0.25, 0.3) is 0 Å². The largest absolute Gasteiger partial charge is 0.376 e. The van der Waals surface area contributed by atoms with Crippen LogP contribution in [0.3, 0.4) is 0 Å². The van der Waals surface area contributed by atoms with E-state index in [2.05, 4.69) is 17.6 Å². The molecule has 21 heavy (non-hydrogen) atoms. The summed E-state index contributed by atoms with van der Waals surface area (Å²) in [5.74, 6) is 0.226. The number of piperidine rings is 1. The van der Waals surface area contributed by atoms with Gasteiger partial charge in [-0.3, -0.25) is 4.79 Å². The standard InChI is InChI=1S/C17H32N2O2/c1-2-9-17(10-6-11-18-14-17)16(20)19-12-13-21-15-7-4-3-5-8-15/h15,18H,2-14H2,1H3,(H,19,20). The molecule has 1 atom stereocenters. The first-order chi connectivity index (χ1) is 10.3. The van der Waals surface area contributed by atoms with Crippen molar-refractivity contribution in [3.63, 3.8) is 0 Å². The lowest BCUT2D eigenvalue weighted by Gasteiger charge is -2.36. The molecule has 1 heterocycles. The maximum absolute atomic E-state index is 12.6. The molecule has 1 aliphatic heterocycles. The van der Waals surface area contributed by atoms with Gasteiger partial charge in [0.15, 0.2) is 0 Å². The molecule has 1 unspecified atom stereocenters. The second-order valence-electron chi connectivity index (χ2n) is 6.70. The lowest BCUT2D eigenvalue weighted by atomic mass is 9.76. The van der Waals surface area contributed by atoms with Gasteiger partial charge in [-0.1, -0.05) is 32.6 Å². The lowest BCUT2D eigenvalue weighted by molar-refractivity contribution is -0.133. The van der Waals surface area contributed by atoms with Crippen molar-refractivity contribution in [3.8, 4) is 0 Å². The highest BCUT2D eigenvalue weighted by molar-refractivity contribution is 5.83. The summed E-state index contributed by atoms with van der Waals surface area (Å²) in [6.07, 6.45) is 10.9. The number of carbonyl (C=O) groups excluding carboxylic acids is 1. The molecule has 2 rings (SSSR count). The quantitative estimate of drug-likeness (QED) is 0.710. The Bertz CT molecular complexity index is 302. The third kappa shape index (κ3) is 4.96. The van der Waals surface area contributed by atoms with Crippen LogP contribution in [0.15, 0.2) is 0 Å². The Morgan fingerprint density at radius 3 is 2.76 bits per heavy atom. The molecule has 0 spiro atoms. The van der Waals surface area contributed by atoms with E-state index in [1.165, 1.54) is 32.1 Å². The third-order valence-corrected chi connectivity index (χ3v) is 4.98. The van der Waals surface area contributed by atoms with Gasteiger partial charge in [-0.05, 0) is 38.6 Å². The molecule has 1 saturated heterocycles. The van der Waals surface area contributed by atoms with Crippen LogP contribution in [-0.2, 0) is 9.53 Å². The zero-order chi connectivity index (χ0) is 15.0. The zero-order valence-corrected chi connectivity index (χ0v) is 13.6. The lowest BCUT2D eigenvalue weighted by Crippen LogP contribution is -2.51. The van der Waals surface area contributed by atoms with E-state index in [-0.39, 0.29) is 11.3 Å². The smallest absolute Gasteiger partial charge is 0.227 e. The molecule has 0 aromatic heterocycles. The van der Waals surface area contributed by atoms with Gasteiger partial charge in [0.1, 0.15) is 0 Å². The fraction of sp³-hybridized carbons (Fsp3) is 0.941. The Kier molecular flexibility index (Phi) is 6.97. The van der Waals surface area contributed by atoms with Gasteiger partial charge < -0.3 is 15.4 Å². The van der Waals surface area contributed by atoms with Crippen LogP contribution in [0.4, 0.5) is 0 Å². The van der Waals surface area contributed by atoms with Gasteiger partial charge >= 0.3 is 0 Å². The summed E-state index contributed by atoms with van der Waals surface area (Å²) >= 11 is 0. The van der Waals surface area contributed by atoms with Crippen LogP contribution in [0.25, 0.3) is 0 Å². The van der Waals surface area contributed by atoms with Gasteiger partial charge in [-0.2, -0.15) is 0 Å². The maximum Gasteiger partial charge on any atom is 0.227 e. The normalized spacial score (nSPS) is 27.5. The Morgan fingerprint density at radius 1 is 1.29 bits per heavy atom. The highest BCUT2D eigenvalue weighted by atomic mass is 16.5. The van der Waals surface area contributed by atoms with Crippen molar-refractivity contribution < 1.29 is 9.53 Å². The van der Waals surface area contributed by atoms with E-state index in [0.29, 0.717) is 19.3 Å². The molecule has 1 amide bonds. The second-order valence-corrected chi connectivity index (χ2v) is 6.70. The predicted molar refractivity (Wildman–Crippen MR) is 85.3 cm³/mol. The summed E-state index contributed by atoms with van der Waals surface area (Å²) in [4.78, 5) is 12.6. The Hall–Kier alpha value is -0.610. The molecule has 0 aromatic rings. The van der Waals surface area contributed by atoms with Crippen LogP contribution in [0.2, 0.25) is 0 Å². The molecule has 2 N–H and O–H groups in total. The number of carbonyl (C=O) groups is 1. The molecule has 0 aromatic carbocycles. The van der Waals surface area contributed by atoms with E-state index < -0.39 is 0 Å². The number of hydrogen-bond donors (Lipinski definition) is 2. The molecule has 122 valence electrons. The summed E-state index contributed by atoms with van der Waals surface area (Å²) < 4.78 is 5.88. The average molecular weight is 296 g/mol. The van der Waals surface area contributed by atoms with E-state index in [4.69, 9.17) is 4.74 Å². The minimum Gasteiger partial charge on any atom is -0.376 e. The zero-order valence-electron chi connectivity index (χ0n) is 13.6. The predicted octanol–water partition coefficient (Wildman–Crippen LogP) is 2.62. The van der Waals surface area contributed by atoms with E-state index in [0.717, 1.165) is 38.8 Å². The van der Waals surface area contributed by atoms with Gasteiger partial charge in [0.05, 0.1) is 18.1 Å². The van der Waals surface area contributed by atoms with Crippen LogP contribution in [-0.4, -0.2) is 38.3 Å². The molecule has 1 saturated carbocycles. The summed E-state index contributed by atoms with van der Waals surface area (Å²) in [5.41, 5.74) is -0.183. The topological polar surface area (TPSA) is 50.4 Å². The van der Waals surface area contributed by atoms with Crippen molar-refractivity contribution in [2.75, 3.05) is 26.2 Å². The van der Waals surface area contributed by atoms with E-state index >= 15 is 0 Å². The number of ether oxygens (including phenoxy) is 1. The third-order valence-electron chi connectivity index (χ3n) is 4.98. The van der Waals surface area contributed by atoms with Crippen molar-refractivity contribution in [1.82, 2.24) is 10.6 Å². The van der Waals surface area contributed by atoms with Crippen LogP contribution < -0.4 is 10.6 Å². The molecule has 2 aliphatic rings. The fourth-order valence-corrected chi connectivity index (χ4v) is 3.78. The van der Waals surface area contributed by atoms with E-state index in [9.17, 15) is 4.79 Å². The first kappa shape index (κ1) is 16.8. The summed E-state index contributed by atoms with van der Waals surface area (Å²) in [6.45, 7) is 5.35. The summed E-state index contributed by atoms with van der Waals surface area (Å²) in [5, 5.41) is 6.51. The van der Waals surface area contributed by atoms with Crippen molar-refractivity contribution in [1.29, 1.82) is 0 Å². The minimum absolute atomic E-state index is 0.183. The fourth-order valence-electron chi connectivity index (χ4n) is 3.78. The van der Waals surface area contributed by atoms with Gasteiger partial charge in [-0.25, -0.2) is 0 Å².